The van der Waals surface area contributed by atoms with Crippen LogP contribution in [0, 0.1) is 0 Å². The Morgan fingerprint density at radius 3 is 2.00 bits per heavy atom. The molecule has 0 spiro atoms. The maximum absolute atomic E-state index is 12.1. The molecule has 11 heteroatoms. The van der Waals surface area contributed by atoms with Crippen molar-refractivity contribution in [2.24, 2.45) is 0 Å². The lowest BCUT2D eigenvalue weighted by Crippen LogP contribution is -2.72. The van der Waals surface area contributed by atoms with Gasteiger partial charge in [0.2, 0.25) is 5.78 Å². The minimum absolute atomic E-state index is 0.858. The number of rotatable bonds is 7. The molecule has 0 bridgehead atoms. The highest BCUT2D eigenvalue weighted by atomic mass is 16.6. The van der Waals surface area contributed by atoms with E-state index in [2.05, 4.69) is 0 Å². The molecule has 1 rings (SSSR count). The van der Waals surface area contributed by atoms with E-state index in [9.17, 15) is 35.4 Å². The van der Waals surface area contributed by atoms with Gasteiger partial charge in [-0.1, -0.05) is 0 Å². The zero-order chi connectivity index (χ0) is 17.9. The first-order valence-electron chi connectivity index (χ1n) is 6.81. The van der Waals surface area contributed by atoms with E-state index in [0.29, 0.717) is 0 Å². The van der Waals surface area contributed by atoms with Crippen molar-refractivity contribution in [2.75, 3.05) is 19.8 Å². The normalized spacial score (nSPS) is 37.0. The van der Waals surface area contributed by atoms with Crippen molar-refractivity contribution >= 4 is 5.78 Å². The summed E-state index contributed by atoms with van der Waals surface area (Å²) in [6.07, 6.45) is -13.9. The molecule has 11 nitrogen and oxygen atoms in total. The first-order valence-corrected chi connectivity index (χ1v) is 6.81. The van der Waals surface area contributed by atoms with E-state index in [1.807, 2.05) is 0 Å². The highest BCUT2D eigenvalue weighted by Gasteiger charge is 2.59. The van der Waals surface area contributed by atoms with Gasteiger partial charge in [-0.25, -0.2) is 0 Å². The van der Waals surface area contributed by atoms with Gasteiger partial charge in [-0.3, -0.25) is 4.79 Å². The predicted octanol–water partition coefficient (Wildman–Crippen LogP) is -6.16. The van der Waals surface area contributed by atoms with Gasteiger partial charge < -0.3 is 50.7 Å². The van der Waals surface area contributed by atoms with E-state index in [-0.39, 0.29) is 0 Å². The first kappa shape index (κ1) is 20.3. The molecular formula is C12H22O11. The third kappa shape index (κ3) is 3.53. The number of ketones is 1. The Morgan fingerprint density at radius 1 is 1.00 bits per heavy atom. The summed E-state index contributed by atoms with van der Waals surface area (Å²) in [4.78, 5) is 12.1. The third-order valence-corrected chi connectivity index (χ3v) is 3.88. The molecule has 1 aliphatic heterocycles. The molecule has 8 atom stereocenters. The lowest BCUT2D eigenvalue weighted by atomic mass is 9.77. The third-order valence-electron chi connectivity index (χ3n) is 3.88. The Morgan fingerprint density at radius 2 is 1.57 bits per heavy atom. The van der Waals surface area contributed by atoms with Crippen LogP contribution in [0.25, 0.3) is 0 Å². The first-order chi connectivity index (χ1) is 10.7. The zero-order valence-corrected chi connectivity index (χ0v) is 12.0. The van der Waals surface area contributed by atoms with Crippen molar-refractivity contribution in [1.29, 1.82) is 0 Å². The Labute approximate surface area is 130 Å². The summed E-state index contributed by atoms with van der Waals surface area (Å²) in [5, 5.41) is 85.9. The van der Waals surface area contributed by atoms with Gasteiger partial charge in [-0.15, -0.1) is 0 Å². The van der Waals surface area contributed by atoms with Gasteiger partial charge in [-0.05, 0) is 0 Å². The van der Waals surface area contributed by atoms with Crippen LogP contribution in [0.5, 0.6) is 0 Å². The van der Waals surface area contributed by atoms with Crippen LogP contribution in [-0.2, 0) is 9.53 Å². The molecular weight excluding hydrogens is 320 g/mol. The molecule has 0 aromatic heterocycles. The molecule has 9 N–H and O–H groups in total. The predicted molar refractivity (Wildman–Crippen MR) is 69.9 cm³/mol. The van der Waals surface area contributed by atoms with E-state index in [0.717, 1.165) is 0 Å². The van der Waals surface area contributed by atoms with Crippen LogP contribution in [0.3, 0.4) is 0 Å². The van der Waals surface area contributed by atoms with Crippen LogP contribution in [0.2, 0.25) is 0 Å². The van der Waals surface area contributed by atoms with Gasteiger partial charge in [0.15, 0.2) is 5.60 Å². The number of hydrogen-bond acceptors (Lipinski definition) is 11. The van der Waals surface area contributed by atoms with Crippen LogP contribution < -0.4 is 0 Å². The Kier molecular flexibility index (Phi) is 6.97. The molecule has 0 radical (unpaired) electrons. The molecule has 1 heterocycles. The molecule has 0 aliphatic carbocycles. The van der Waals surface area contributed by atoms with Gasteiger partial charge in [0.25, 0.3) is 0 Å². The Bertz CT molecular complexity index is 402. The van der Waals surface area contributed by atoms with Crippen LogP contribution in [0.4, 0.5) is 0 Å². The molecule has 0 amide bonds. The SMILES string of the molecule is O=C([C@H](O)CO)[C@](O)([C@H](O)CO)[C@@H]1O[C@H](CO)[C@@H](O)[C@H](O)[C@H]1O. The van der Waals surface area contributed by atoms with Gasteiger partial charge >= 0.3 is 0 Å². The maximum atomic E-state index is 12.1. The minimum Gasteiger partial charge on any atom is -0.394 e. The van der Waals surface area contributed by atoms with Crippen molar-refractivity contribution in [3.05, 3.63) is 0 Å². The van der Waals surface area contributed by atoms with E-state index < -0.39 is 73.9 Å². The van der Waals surface area contributed by atoms with Crippen molar-refractivity contribution in [1.82, 2.24) is 0 Å². The smallest absolute Gasteiger partial charge is 0.200 e. The van der Waals surface area contributed by atoms with Crippen molar-refractivity contribution in [2.45, 2.75) is 48.3 Å². The summed E-state index contributed by atoms with van der Waals surface area (Å²) in [6.45, 7) is -3.17. The van der Waals surface area contributed by atoms with E-state index in [4.69, 9.17) is 20.1 Å². The fourth-order valence-corrected chi connectivity index (χ4v) is 2.45. The van der Waals surface area contributed by atoms with Gasteiger partial charge in [0.1, 0.15) is 42.7 Å². The number of ether oxygens (including phenoxy) is 1. The van der Waals surface area contributed by atoms with Gasteiger partial charge in [0.05, 0.1) is 19.8 Å². The summed E-state index contributed by atoms with van der Waals surface area (Å²) in [5.41, 5.74) is -3.12. The van der Waals surface area contributed by atoms with Gasteiger partial charge in [0, 0.05) is 0 Å². The second kappa shape index (κ2) is 7.90. The number of Topliss-reactive ketones (excluding diaryl/α,β-unsaturated/α-hetero) is 1. The molecule has 1 aliphatic rings. The topological polar surface area (TPSA) is 208 Å². The summed E-state index contributed by atoms with van der Waals surface area (Å²) >= 11 is 0. The number of carbonyl (C=O) groups excluding carboxylic acids is 1. The lowest BCUT2D eigenvalue weighted by Gasteiger charge is -2.47. The maximum Gasteiger partial charge on any atom is 0.200 e. The van der Waals surface area contributed by atoms with E-state index in [1.165, 1.54) is 0 Å². The highest BCUT2D eigenvalue weighted by Crippen LogP contribution is 2.32. The second-order valence-corrected chi connectivity index (χ2v) is 5.34. The molecule has 136 valence electrons. The largest absolute Gasteiger partial charge is 0.394 e. The molecule has 0 aromatic carbocycles. The number of hydrogen-bond donors (Lipinski definition) is 9. The summed E-state index contributed by atoms with van der Waals surface area (Å²) in [5.74, 6) is -1.58. The molecule has 0 unspecified atom stereocenters. The van der Waals surface area contributed by atoms with E-state index >= 15 is 0 Å². The quantitative estimate of drug-likeness (QED) is 0.212. The number of aliphatic hydroxyl groups excluding tert-OH is 8. The Hall–Kier alpha value is -0.730. The highest BCUT2D eigenvalue weighted by molar-refractivity contribution is 5.92. The molecule has 1 fully saturated rings. The van der Waals surface area contributed by atoms with Crippen LogP contribution >= 0.6 is 0 Å². The van der Waals surface area contributed by atoms with Crippen molar-refractivity contribution < 1.29 is 55.5 Å². The zero-order valence-electron chi connectivity index (χ0n) is 12.0. The average Bonchev–Trinajstić information content (AvgIpc) is 2.56. The van der Waals surface area contributed by atoms with Crippen LogP contribution in [0.1, 0.15) is 0 Å². The molecule has 1 saturated heterocycles. The summed E-state index contributed by atoms with van der Waals surface area (Å²) in [6, 6.07) is 0. The Balaban J connectivity index is 3.27. The lowest BCUT2D eigenvalue weighted by molar-refractivity contribution is -0.281. The summed E-state index contributed by atoms with van der Waals surface area (Å²) in [7, 11) is 0. The standard InChI is InChI=1S/C12H22O11/c13-1-4(16)10(21)12(22,6(17)3-15)11-9(20)8(19)7(18)5(2-14)23-11/h4-9,11,13-20,22H,1-3H2/t4-,5-,6-,7-,8+,9-,11-,12-/m1/s1. The summed E-state index contributed by atoms with van der Waals surface area (Å²) < 4.78 is 4.99. The number of carbonyl (C=O) groups is 1. The van der Waals surface area contributed by atoms with E-state index in [1.54, 1.807) is 0 Å². The second-order valence-electron chi connectivity index (χ2n) is 5.34. The fraction of sp³-hybridized carbons (Fsp3) is 0.917. The molecule has 0 saturated carbocycles. The molecule has 0 aromatic rings. The van der Waals surface area contributed by atoms with Crippen molar-refractivity contribution in [3.63, 3.8) is 0 Å². The van der Waals surface area contributed by atoms with Crippen molar-refractivity contribution in [3.8, 4) is 0 Å². The molecule has 23 heavy (non-hydrogen) atoms. The van der Waals surface area contributed by atoms with Crippen LogP contribution in [0.15, 0.2) is 0 Å². The average molecular weight is 342 g/mol. The minimum atomic E-state index is -3.12. The van der Waals surface area contributed by atoms with Gasteiger partial charge in [-0.2, -0.15) is 0 Å². The van der Waals surface area contributed by atoms with Crippen LogP contribution in [-0.4, -0.2) is 120 Å². The fourth-order valence-electron chi connectivity index (χ4n) is 2.45. The number of aliphatic hydroxyl groups is 9. The monoisotopic (exact) mass is 342 g/mol.